The summed E-state index contributed by atoms with van der Waals surface area (Å²) in [5.74, 6) is -0.644. The van der Waals surface area contributed by atoms with Crippen LogP contribution in [0.15, 0.2) is 60.7 Å². The van der Waals surface area contributed by atoms with Gasteiger partial charge in [-0.15, -0.1) is 0 Å². The quantitative estimate of drug-likeness (QED) is 0.614. The molecule has 0 unspecified atom stereocenters. The summed E-state index contributed by atoms with van der Waals surface area (Å²) in [5.41, 5.74) is 2.63. The van der Waals surface area contributed by atoms with E-state index in [0.717, 1.165) is 24.1 Å². The van der Waals surface area contributed by atoms with E-state index in [1.165, 1.54) is 0 Å². The molecule has 0 saturated heterocycles. The Morgan fingerprint density at radius 3 is 1.97 bits per heavy atom. The van der Waals surface area contributed by atoms with Crippen molar-refractivity contribution >= 4 is 11.8 Å². The van der Waals surface area contributed by atoms with Crippen molar-refractivity contribution in [1.82, 2.24) is 20.4 Å². The highest BCUT2D eigenvalue weighted by molar-refractivity contribution is 6.10. The first kappa shape index (κ1) is 20.3. The van der Waals surface area contributed by atoms with E-state index in [1.807, 2.05) is 74.5 Å². The smallest absolute Gasteiger partial charge is 0.272 e. The third-order valence-electron chi connectivity index (χ3n) is 4.45. The number of aromatic nitrogens is 2. The highest BCUT2D eigenvalue weighted by Crippen LogP contribution is 2.29. The van der Waals surface area contributed by atoms with Crippen LogP contribution in [0.5, 0.6) is 0 Å². The Morgan fingerprint density at radius 1 is 0.828 bits per heavy atom. The van der Waals surface area contributed by atoms with Crippen molar-refractivity contribution in [2.24, 2.45) is 0 Å². The van der Waals surface area contributed by atoms with Gasteiger partial charge in [0.05, 0.1) is 16.9 Å². The minimum absolute atomic E-state index is 0.134. The number of carbonyl (C=O) groups is 2. The molecule has 0 atom stereocenters. The van der Waals surface area contributed by atoms with Gasteiger partial charge < -0.3 is 10.6 Å². The monoisotopic (exact) mass is 390 g/mol. The van der Waals surface area contributed by atoms with Crippen LogP contribution in [0.3, 0.4) is 0 Å². The topological polar surface area (TPSA) is 76.0 Å². The van der Waals surface area contributed by atoms with Crippen LogP contribution in [0, 0.1) is 0 Å². The Labute approximate surface area is 170 Å². The first-order chi connectivity index (χ1) is 14.2. The SMILES string of the molecule is CCCNC(=O)c1nn(-c2ccccc2)c(-c2ccccc2)c1C(=O)NCCC. The number of hydrogen-bond donors (Lipinski definition) is 2. The summed E-state index contributed by atoms with van der Waals surface area (Å²) < 4.78 is 1.68. The number of rotatable bonds is 8. The zero-order valence-electron chi connectivity index (χ0n) is 16.8. The molecule has 0 saturated carbocycles. The van der Waals surface area contributed by atoms with Gasteiger partial charge in [-0.25, -0.2) is 4.68 Å². The summed E-state index contributed by atoms with van der Waals surface area (Å²) in [4.78, 5) is 26.0. The molecule has 0 radical (unpaired) electrons. The standard InChI is InChI=1S/C23H26N4O2/c1-3-15-24-22(28)19-20(23(29)25-16-4-2)26-27(18-13-9-6-10-14-18)21(19)17-11-7-5-8-12-17/h5-14H,3-4,15-16H2,1-2H3,(H,24,28)(H,25,29). The van der Waals surface area contributed by atoms with E-state index >= 15 is 0 Å². The molecular weight excluding hydrogens is 364 g/mol. The predicted molar refractivity (Wildman–Crippen MR) is 114 cm³/mol. The van der Waals surface area contributed by atoms with Crippen LogP contribution in [-0.4, -0.2) is 34.7 Å². The predicted octanol–water partition coefficient (Wildman–Crippen LogP) is 3.82. The van der Waals surface area contributed by atoms with E-state index < -0.39 is 0 Å². The fourth-order valence-corrected chi connectivity index (χ4v) is 3.06. The van der Waals surface area contributed by atoms with Gasteiger partial charge in [-0.2, -0.15) is 5.10 Å². The molecule has 1 heterocycles. The average molecular weight is 390 g/mol. The van der Waals surface area contributed by atoms with Crippen molar-refractivity contribution in [2.45, 2.75) is 26.7 Å². The second kappa shape index (κ2) is 9.68. The summed E-state index contributed by atoms with van der Waals surface area (Å²) >= 11 is 0. The fourth-order valence-electron chi connectivity index (χ4n) is 3.06. The minimum Gasteiger partial charge on any atom is -0.352 e. The molecule has 0 aliphatic carbocycles. The van der Waals surface area contributed by atoms with Gasteiger partial charge in [0.15, 0.2) is 5.69 Å². The van der Waals surface area contributed by atoms with Crippen molar-refractivity contribution in [3.8, 4) is 16.9 Å². The molecule has 1 aromatic heterocycles. The maximum absolute atomic E-state index is 13.1. The van der Waals surface area contributed by atoms with Crippen molar-refractivity contribution < 1.29 is 9.59 Å². The molecule has 2 N–H and O–H groups in total. The molecule has 3 rings (SSSR count). The number of hydrogen-bond acceptors (Lipinski definition) is 3. The van der Waals surface area contributed by atoms with Gasteiger partial charge in [0.1, 0.15) is 0 Å². The molecular formula is C23H26N4O2. The van der Waals surface area contributed by atoms with Gasteiger partial charge in [-0.3, -0.25) is 9.59 Å². The number of benzene rings is 2. The lowest BCUT2D eigenvalue weighted by atomic mass is 10.0. The van der Waals surface area contributed by atoms with Gasteiger partial charge in [0.25, 0.3) is 11.8 Å². The van der Waals surface area contributed by atoms with Gasteiger partial charge in [0.2, 0.25) is 0 Å². The molecule has 0 spiro atoms. The first-order valence-electron chi connectivity index (χ1n) is 9.97. The van der Waals surface area contributed by atoms with Crippen LogP contribution in [0.1, 0.15) is 47.5 Å². The lowest BCUT2D eigenvalue weighted by Crippen LogP contribution is -2.30. The molecule has 29 heavy (non-hydrogen) atoms. The number of para-hydroxylation sites is 1. The summed E-state index contributed by atoms with van der Waals surface area (Å²) in [7, 11) is 0. The number of nitrogens with one attached hydrogen (secondary N) is 2. The molecule has 0 bridgehead atoms. The summed E-state index contributed by atoms with van der Waals surface area (Å²) in [6.45, 7) is 5.01. The maximum Gasteiger partial charge on any atom is 0.272 e. The minimum atomic E-state index is -0.347. The van der Waals surface area contributed by atoms with Crippen molar-refractivity contribution in [2.75, 3.05) is 13.1 Å². The van der Waals surface area contributed by atoms with Crippen LogP contribution >= 0.6 is 0 Å². The second-order valence-corrected chi connectivity index (χ2v) is 6.70. The van der Waals surface area contributed by atoms with Gasteiger partial charge in [-0.05, 0) is 25.0 Å². The Kier molecular flexibility index (Phi) is 6.79. The summed E-state index contributed by atoms with van der Waals surface area (Å²) in [6, 6.07) is 19.1. The lowest BCUT2D eigenvalue weighted by Gasteiger charge is -2.10. The zero-order valence-corrected chi connectivity index (χ0v) is 16.8. The Morgan fingerprint density at radius 2 is 1.38 bits per heavy atom. The molecule has 3 aromatic rings. The molecule has 150 valence electrons. The van der Waals surface area contributed by atoms with Crippen LogP contribution < -0.4 is 10.6 Å². The van der Waals surface area contributed by atoms with E-state index in [2.05, 4.69) is 15.7 Å². The molecule has 0 aliphatic heterocycles. The van der Waals surface area contributed by atoms with E-state index in [9.17, 15) is 9.59 Å². The normalized spacial score (nSPS) is 10.6. The fraction of sp³-hybridized carbons (Fsp3) is 0.261. The highest BCUT2D eigenvalue weighted by atomic mass is 16.2. The number of nitrogens with zero attached hydrogens (tertiary/aromatic N) is 2. The van der Waals surface area contributed by atoms with E-state index in [1.54, 1.807) is 4.68 Å². The Balaban J connectivity index is 2.24. The van der Waals surface area contributed by atoms with Crippen LogP contribution in [0.4, 0.5) is 0 Å². The second-order valence-electron chi connectivity index (χ2n) is 6.70. The third kappa shape index (κ3) is 4.54. The molecule has 6 nitrogen and oxygen atoms in total. The van der Waals surface area contributed by atoms with E-state index in [-0.39, 0.29) is 17.5 Å². The van der Waals surface area contributed by atoms with Crippen molar-refractivity contribution in [1.29, 1.82) is 0 Å². The molecule has 0 aliphatic rings. The average Bonchev–Trinajstić information content (AvgIpc) is 3.18. The van der Waals surface area contributed by atoms with Gasteiger partial charge in [0, 0.05) is 18.7 Å². The number of amides is 2. The van der Waals surface area contributed by atoms with Crippen molar-refractivity contribution in [3.05, 3.63) is 71.9 Å². The largest absolute Gasteiger partial charge is 0.352 e. The van der Waals surface area contributed by atoms with Crippen molar-refractivity contribution in [3.63, 3.8) is 0 Å². The van der Waals surface area contributed by atoms with Crippen LogP contribution in [-0.2, 0) is 0 Å². The molecule has 6 heteroatoms. The maximum atomic E-state index is 13.1. The molecule has 2 aromatic carbocycles. The Bertz CT molecular complexity index is 965. The van der Waals surface area contributed by atoms with E-state index in [4.69, 9.17) is 0 Å². The lowest BCUT2D eigenvalue weighted by molar-refractivity contribution is 0.0917. The van der Waals surface area contributed by atoms with Gasteiger partial charge >= 0.3 is 0 Å². The first-order valence-corrected chi connectivity index (χ1v) is 9.97. The van der Waals surface area contributed by atoms with Crippen LogP contribution in [0.25, 0.3) is 16.9 Å². The highest BCUT2D eigenvalue weighted by Gasteiger charge is 2.29. The number of carbonyl (C=O) groups excluding carboxylic acids is 2. The molecule has 2 amide bonds. The molecule has 0 fully saturated rings. The summed E-state index contributed by atoms with van der Waals surface area (Å²) in [6.07, 6.45) is 1.60. The van der Waals surface area contributed by atoms with Crippen LogP contribution in [0.2, 0.25) is 0 Å². The summed E-state index contributed by atoms with van der Waals surface area (Å²) in [5, 5.41) is 10.3. The zero-order chi connectivity index (χ0) is 20.6. The van der Waals surface area contributed by atoms with Gasteiger partial charge in [-0.1, -0.05) is 62.4 Å². The third-order valence-corrected chi connectivity index (χ3v) is 4.45. The van der Waals surface area contributed by atoms with E-state index in [0.29, 0.717) is 24.3 Å². The Hall–Kier alpha value is -3.41.